The lowest BCUT2D eigenvalue weighted by Gasteiger charge is -2.12. The van der Waals surface area contributed by atoms with Crippen LogP contribution in [0.1, 0.15) is 17.0 Å². The van der Waals surface area contributed by atoms with Crippen LogP contribution in [0.5, 0.6) is 0 Å². The van der Waals surface area contributed by atoms with E-state index in [-0.39, 0.29) is 0 Å². The molecule has 176 valence electrons. The van der Waals surface area contributed by atoms with E-state index in [0.717, 1.165) is 62.1 Å². The summed E-state index contributed by atoms with van der Waals surface area (Å²) >= 11 is 0. The van der Waals surface area contributed by atoms with Gasteiger partial charge in [-0.1, -0.05) is 23.8 Å². The van der Waals surface area contributed by atoms with Crippen LogP contribution < -0.4 is 10.6 Å². The Bertz CT molecular complexity index is 1740. The predicted octanol–water partition coefficient (Wildman–Crippen LogP) is 6.98. The number of benzene rings is 2. The normalized spacial score (nSPS) is 11.2. The van der Waals surface area contributed by atoms with Crippen molar-refractivity contribution < 1.29 is 0 Å². The third-order valence-electron chi connectivity index (χ3n) is 6.02. The molecule has 0 amide bonds. The summed E-state index contributed by atoms with van der Waals surface area (Å²) in [6, 6.07) is 24.5. The quantitative estimate of drug-likeness (QED) is 0.251. The number of fused-ring (bicyclic) bond motifs is 2. The van der Waals surface area contributed by atoms with E-state index >= 15 is 0 Å². The number of rotatable bonds is 5. The van der Waals surface area contributed by atoms with Gasteiger partial charge in [0, 0.05) is 45.6 Å². The Morgan fingerprint density at radius 1 is 0.722 bits per heavy atom. The fraction of sp³-hybridized carbons (Fsp3) is 0.103. The minimum Gasteiger partial charge on any atom is -0.355 e. The van der Waals surface area contributed by atoms with Gasteiger partial charge in [0.25, 0.3) is 0 Å². The van der Waals surface area contributed by atoms with Gasteiger partial charge in [-0.05, 0) is 75.4 Å². The largest absolute Gasteiger partial charge is 0.355 e. The van der Waals surface area contributed by atoms with Gasteiger partial charge in [0.05, 0.1) is 11.0 Å². The summed E-state index contributed by atoms with van der Waals surface area (Å²) in [6.07, 6.45) is 1.78. The third-order valence-corrected chi connectivity index (χ3v) is 6.02. The van der Waals surface area contributed by atoms with Gasteiger partial charge < -0.3 is 15.6 Å². The number of hydrogen-bond acceptors (Lipinski definition) is 6. The average Bonchev–Trinajstić information content (AvgIpc) is 3.28. The number of hydrogen-bond donors (Lipinski definition) is 3. The molecule has 0 aliphatic heterocycles. The van der Waals surface area contributed by atoms with E-state index in [2.05, 4.69) is 68.9 Å². The molecule has 4 aromatic heterocycles. The Morgan fingerprint density at radius 3 is 2.50 bits per heavy atom. The van der Waals surface area contributed by atoms with Crippen LogP contribution in [0.2, 0.25) is 0 Å². The molecule has 0 aliphatic rings. The van der Waals surface area contributed by atoms with Crippen molar-refractivity contribution in [3.8, 4) is 11.4 Å². The zero-order valence-corrected chi connectivity index (χ0v) is 20.3. The molecule has 0 saturated carbocycles. The maximum atomic E-state index is 4.77. The highest BCUT2D eigenvalue weighted by molar-refractivity contribution is 5.94. The number of imidazole rings is 1. The second kappa shape index (κ2) is 8.78. The fourth-order valence-corrected chi connectivity index (χ4v) is 4.35. The van der Waals surface area contributed by atoms with E-state index in [1.807, 2.05) is 50.2 Å². The molecule has 3 N–H and O–H groups in total. The fourth-order valence-electron chi connectivity index (χ4n) is 4.35. The van der Waals surface area contributed by atoms with E-state index in [1.54, 1.807) is 6.20 Å². The van der Waals surface area contributed by atoms with Crippen molar-refractivity contribution in [2.75, 3.05) is 10.6 Å². The van der Waals surface area contributed by atoms with E-state index in [4.69, 9.17) is 9.97 Å². The van der Waals surface area contributed by atoms with Crippen molar-refractivity contribution in [1.82, 2.24) is 24.9 Å². The van der Waals surface area contributed by atoms with Crippen LogP contribution in [0.3, 0.4) is 0 Å². The highest BCUT2D eigenvalue weighted by Crippen LogP contribution is 2.30. The van der Waals surface area contributed by atoms with Crippen LogP contribution in [-0.2, 0) is 0 Å². The molecule has 4 heterocycles. The molecule has 6 aromatic rings. The number of H-pyrrole nitrogens is 1. The Kier molecular flexibility index (Phi) is 5.30. The second-order valence-corrected chi connectivity index (χ2v) is 9.00. The lowest BCUT2D eigenvalue weighted by molar-refractivity contribution is 1.20. The smallest absolute Gasteiger partial charge is 0.180 e. The van der Waals surface area contributed by atoms with Crippen LogP contribution in [0.4, 0.5) is 22.9 Å². The zero-order chi connectivity index (χ0) is 24.6. The number of nitrogens with one attached hydrogen (secondary N) is 3. The van der Waals surface area contributed by atoms with E-state index in [0.29, 0.717) is 5.65 Å². The Labute approximate surface area is 208 Å². The SMILES string of the molecule is Cc1ccc2nc(C)cc(Nc3cccc(-c4nc5nc(Nc6ccnc(C)c6)ccc5[nH]4)c3)c2c1. The third kappa shape index (κ3) is 4.34. The molecule has 0 aliphatic carbocycles. The maximum Gasteiger partial charge on any atom is 0.180 e. The molecule has 7 nitrogen and oxygen atoms in total. The highest BCUT2D eigenvalue weighted by Gasteiger charge is 2.10. The van der Waals surface area contributed by atoms with Crippen molar-refractivity contribution in [3.05, 3.63) is 95.9 Å². The van der Waals surface area contributed by atoms with Crippen LogP contribution in [-0.4, -0.2) is 24.9 Å². The number of aromatic amines is 1. The molecule has 0 spiro atoms. The summed E-state index contributed by atoms with van der Waals surface area (Å²) < 4.78 is 0. The number of anilines is 4. The molecule has 36 heavy (non-hydrogen) atoms. The molecule has 7 heteroatoms. The summed E-state index contributed by atoms with van der Waals surface area (Å²) in [5.74, 6) is 1.50. The number of aromatic nitrogens is 5. The minimum absolute atomic E-state index is 0.658. The lowest BCUT2D eigenvalue weighted by Crippen LogP contribution is -1.95. The van der Waals surface area contributed by atoms with Gasteiger partial charge in [-0.25, -0.2) is 9.97 Å². The summed E-state index contributed by atoms with van der Waals surface area (Å²) in [7, 11) is 0. The summed E-state index contributed by atoms with van der Waals surface area (Å²) in [6.45, 7) is 6.07. The highest BCUT2D eigenvalue weighted by atomic mass is 15.1. The summed E-state index contributed by atoms with van der Waals surface area (Å²) in [5.41, 5.74) is 9.57. The van der Waals surface area contributed by atoms with Crippen molar-refractivity contribution in [3.63, 3.8) is 0 Å². The Hall–Kier alpha value is -4.78. The van der Waals surface area contributed by atoms with E-state index < -0.39 is 0 Å². The van der Waals surface area contributed by atoms with Gasteiger partial charge in [-0.15, -0.1) is 0 Å². The molecule has 6 rings (SSSR count). The molecular weight excluding hydrogens is 446 g/mol. The number of pyridine rings is 3. The Balaban J connectivity index is 1.30. The second-order valence-electron chi connectivity index (χ2n) is 9.00. The van der Waals surface area contributed by atoms with Crippen LogP contribution in [0.25, 0.3) is 33.5 Å². The van der Waals surface area contributed by atoms with Gasteiger partial charge >= 0.3 is 0 Å². The standard InChI is InChI=1S/C29H25N7/c1-17-7-8-24-23(13-17)26(15-19(3)31-24)32-21-6-4-5-20(16-21)28-34-25-9-10-27(35-29(25)36-28)33-22-11-12-30-18(2)14-22/h4-16H,1-3H3,(H,31,32)(H2,30,33,34,35,36). The first-order valence-corrected chi connectivity index (χ1v) is 11.8. The summed E-state index contributed by atoms with van der Waals surface area (Å²) in [5, 5.41) is 8.01. The Morgan fingerprint density at radius 2 is 1.61 bits per heavy atom. The molecule has 0 unspecified atom stereocenters. The van der Waals surface area contributed by atoms with Crippen molar-refractivity contribution in [1.29, 1.82) is 0 Å². The molecule has 0 saturated heterocycles. The van der Waals surface area contributed by atoms with Gasteiger partial charge in [0.1, 0.15) is 11.6 Å². The van der Waals surface area contributed by atoms with Crippen LogP contribution in [0.15, 0.2) is 79.0 Å². The molecule has 0 fully saturated rings. The van der Waals surface area contributed by atoms with E-state index in [1.165, 1.54) is 5.56 Å². The molecular formula is C29H25N7. The molecule has 0 radical (unpaired) electrons. The van der Waals surface area contributed by atoms with Crippen molar-refractivity contribution in [2.45, 2.75) is 20.8 Å². The van der Waals surface area contributed by atoms with Gasteiger partial charge in [0.15, 0.2) is 5.65 Å². The van der Waals surface area contributed by atoms with Crippen LogP contribution >= 0.6 is 0 Å². The molecule has 0 atom stereocenters. The van der Waals surface area contributed by atoms with Crippen molar-refractivity contribution in [2.24, 2.45) is 0 Å². The lowest BCUT2D eigenvalue weighted by atomic mass is 10.1. The van der Waals surface area contributed by atoms with Gasteiger partial charge in [-0.3, -0.25) is 9.97 Å². The van der Waals surface area contributed by atoms with Crippen LogP contribution in [0, 0.1) is 20.8 Å². The van der Waals surface area contributed by atoms with Crippen molar-refractivity contribution >= 4 is 44.9 Å². The maximum absolute atomic E-state index is 4.77. The van der Waals surface area contributed by atoms with Gasteiger partial charge in [0.2, 0.25) is 0 Å². The average molecular weight is 472 g/mol. The topological polar surface area (TPSA) is 91.4 Å². The molecule has 0 bridgehead atoms. The first-order valence-electron chi connectivity index (χ1n) is 11.8. The minimum atomic E-state index is 0.658. The first-order chi connectivity index (χ1) is 17.5. The van der Waals surface area contributed by atoms with Gasteiger partial charge in [-0.2, -0.15) is 0 Å². The first kappa shape index (κ1) is 21.7. The zero-order valence-electron chi connectivity index (χ0n) is 20.3. The molecule has 2 aromatic carbocycles. The summed E-state index contributed by atoms with van der Waals surface area (Å²) in [4.78, 5) is 21.8. The monoisotopic (exact) mass is 471 g/mol. The number of aryl methyl sites for hydroxylation is 3. The van der Waals surface area contributed by atoms with E-state index in [9.17, 15) is 0 Å². The predicted molar refractivity (Wildman–Crippen MR) is 146 cm³/mol. The number of nitrogens with zero attached hydrogens (tertiary/aromatic N) is 4.